The van der Waals surface area contributed by atoms with Crippen molar-refractivity contribution in [3.05, 3.63) is 29.3 Å². The van der Waals surface area contributed by atoms with E-state index in [-0.39, 0.29) is 30.3 Å². The number of ether oxygens (including phenoxy) is 1. The Bertz CT molecular complexity index is 1320. The second-order valence-electron chi connectivity index (χ2n) is 11.3. The molecule has 10 nitrogen and oxygen atoms in total. The lowest BCUT2D eigenvalue weighted by Crippen LogP contribution is -2.56. The maximum atomic E-state index is 13.6. The highest BCUT2D eigenvalue weighted by Crippen LogP contribution is 2.61. The van der Waals surface area contributed by atoms with Crippen LogP contribution in [0, 0.1) is 23.2 Å². The number of hydrogen-bond acceptors (Lipinski definition) is 7. The van der Waals surface area contributed by atoms with Gasteiger partial charge in [0, 0.05) is 46.1 Å². The smallest absolute Gasteiger partial charge is 0.365 e. The van der Waals surface area contributed by atoms with Gasteiger partial charge >= 0.3 is 6.18 Å². The fourth-order valence-electron chi connectivity index (χ4n) is 6.82. The van der Waals surface area contributed by atoms with Gasteiger partial charge in [0.15, 0.2) is 0 Å². The Morgan fingerprint density at radius 2 is 1.77 bits per heavy atom. The number of nitriles is 1. The minimum absolute atomic E-state index is 0.0206. The number of hydrogen-bond donors (Lipinski definition) is 1. The number of halogens is 3. The molecule has 4 saturated heterocycles. The topological polar surface area (TPSA) is 123 Å². The number of piperazine rings is 1. The van der Waals surface area contributed by atoms with Crippen molar-refractivity contribution in [2.24, 2.45) is 11.8 Å². The molecule has 5 atom stereocenters. The first kappa shape index (κ1) is 28.0. The third kappa shape index (κ3) is 4.43. The summed E-state index contributed by atoms with van der Waals surface area (Å²) in [6.07, 6.45) is -4.39. The number of benzene rings is 1. The van der Waals surface area contributed by atoms with Crippen LogP contribution in [-0.2, 0) is 30.1 Å². The van der Waals surface area contributed by atoms with Crippen molar-refractivity contribution >= 4 is 29.3 Å². The lowest BCUT2D eigenvalue weighted by atomic mass is 9.66. The molecule has 2 bridgehead atoms. The van der Waals surface area contributed by atoms with E-state index in [2.05, 4.69) is 10.2 Å². The Morgan fingerprint density at radius 1 is 1.12 bits per heavy atom. The summed E-state index contributed by atoms with van der Waals surface area (Å²) in [6, 6.07) is 3.67. The van der Waals surface area contributed by atoms with Gasteiger partial charge < -0.3 is 15.0 Å². The maximum absolute atomic E-state index is 13.6. The quantitative estimate of drug-likeness (QED) is 0.543. The molecule has 40 heavy (non-hydrogen) atoms. The molecular weight excluding hydrogens is 531 g/mol. The summed E-state index contributed by atoms with van der Waals surface area (Å²) in [4.78, 5) is 56.1. The first-order valence-corrected chi connectivity index (χ1v) is 13.2. The number of fused-ring (bicyclic) bond motifs is 5. The first-order valence-electron chi connectivity index (χ1n) is 13.2. The fraction of sp³-hybridized carbons (Fsp3) is 0.593. The minimum atomic E-state index is -4.85. The van der Waals surface area contributed by atoms with Gasteiger partial charge in [-0.05, 0) is 38.5 Å². The predicted octanol–water partition coefficient (Wildman–Crippen LogP) is 1.67. The van der Waals surface area contributed by atoms with Crippen molar-refractivity contribution in [1.29, 1.82) is 5.26 Å². The molecule has 0 radical (unpaired) electrons. The maximum Gasteiger partial charge on any atom is 0.417 e. The summed E-state index contributed by atoms with van der Waals surface area (Å²) in [7, 11) is 0. The number of imide groups is 1. The Balaban J connectivity index is 1.30. The molecule has 4 aliphatic heterocycles. The molecule has 0 saturated carbocycles. The summed E-state index contributed by atoms with van der Waals surface area (Å²) in [6.45, 7) is 7.89. The van der Waals surface area contributed by atoms with Gasteiger partial charge in [-0.2, -0.15) is 18.4 Å². The van der Waals surface area contributed by atoms with E-state index in [9.17, 15) is 32.3 Å². The molecule has 214 valence electrons. The molecule has 0 spiro atoms. The van der Waals surface area contributed by atoms with E-state index in [4.69, 9.17) is 10.00 Å². The highest BCUT2D eigenvalue weighted by Gasteiger charge is 2.76. The van der Waals surface area contributed by atoms with E-state index >= 15 is 0 Å². The molecule has 0 aromatic heterocycles. The lowest BCUT2D eigenvalue weighted by Gasteiger charge is -2.36. The van der Waals surface area contributed by atoms with Crippen molar-refractivity contribution in [2.75, 3.05) is 37.6 Å². The molecule has 0 aliphatic carbocycles. The van der Waals surface area contributed by atoms with Crippen molar-refractivity contribution < 1.29 is 37.1 Å². The number of anilines is 1. The van der Waals surface area contributed by atoms with Gasteiger partial charge in [-0.15, -0.1) is 0 Å². The predicted molar refractivity (Wildman–Crippen MR) is 133 cm³/mol. The number of carbonyl (C=O) groups excluding carboxylic acids is 4. The third-order valence-electron chi connectivity index (χ3n) is 8.83. The van der Waals surface area contributed by atoms with Crippen LogP contribution in [0.1, 0.15) is 44.7 Å². The lowest BCUT2D eigenvalue weighted by molar-refractivity contribution is -0.138. The van der Waals surface area contributed by atoms with Crippen LogP contribution in [0.2, 0.25) is 0 Å². The molecule has 1 N–H and O–H groups in total. The van der Waals surface area contributed by atoms with Crippen LogP contribution in [0.5, 0.6) is 0 Å². The van der Waals surface area contributed by atoms with Crippen molar-refractivity contribution in [3.63, 3.8) is 0 Å². The monoisotopic (exact) mass is 561 g/mol. The molecule has 13 heteroatoms. The van der Waals surface area contributed by atoms with Crippen LogP contribution in [0.25, 0.3) is 0 Å². The largest absolute Gasteiger partial charge is 0.417 e. The highest BCUT2D eigenvalue weighted by atomic mass is 19.4. The van der Waals surface area contributed by atoms with Gasteiger partial charge in [-0.1, -0.05) is 0 Å². The number of nitrogens with zero attached hydrogens (tertiary/aromatic N) is 4. The van der Waals surface area contributed by atoms with Gasteiger partial charge in [0.25, 0.3) is 0 Å². The van der Waals surface area contributed by atoms with Gasteiger partial charge in [0.1, 0.15) is 0 Å². The van der Waals surface area contributed by atoms with E-state index in [0.29, 0.717) is 38.8 Å². The van der Waals surface area contributed by atoms with Crippen LogP contribution >= 0.6 is 0 Å². The summed E-state index contributed by atoms with van der Waals surface area (Å²) >= 11 is 0. The summed E-state index contributed by atoms with van der Waals surface area (Å²) in [5.41, 5.74) is -4.42. The zero-order chi connectivity index (χ0) is 29.2. The van der Waals surface area contributed by atoms with Crippen molar-refractivity contribution in [1.82, 2.24) is 15.1 Å². The molecule has 4 heterocycles. The molecule has 1 aromatic carbocycles. The average Bonchev–Trinajstić information content (AvgIpc) is 3.41. The Labute approximate surface area is 229 Å². The van der Waals surface area contributed by atoms with Crippen LogP contribution in [0.3, 0.4) is 0 Å². The minimum Gasteiger partial charge on any atom is -0.365 e. The van der Waals surface area contributed by atoms with Crippen LogP contribution in [0.4, 0.5) is 18.9 Å². The molecule has 5 rings (SSSR count). The second kappa shape index (κ2) is 9.55. The average molecular weight is 562 g/mol. The number of nitrogens with one attached hydrogen (secondary N) is 1. The summed E-state index contributed by atoms with van der Waals surface area (Å²) < 4.78 is 46.9. The molecule has 0 unspecified atom stereocenters. The fourth-order valence-corrected chi connectivity index (χ4v) is 6.82. The zero-order valence-corrected chi connectivity index (χ0v) is 22.4. The number of amides is 4. The first-order chi connectivity index (χ1) is 18.7. The van der Waals surface area contributed by atoms with E-state index in [1.807, 2.05) is 0 Å². The van der Waals surface area contributed by atoms with E-state index in [1.54, 1.807) is 18.7 Å². The normalized spacial score (nSPS) is 31.9. The molecule has 4 fully saturated rings. The number of carbonyl (C=O) groups is 4. The molecule has 4 aliphatic rings. The summed E-state index contributed by atoms with van der Waals surface area (Å²) in [5.74, 6) is -3.48. The Hall–Kier alpha value is -3.50. The van der Waals surface area contributed by atoms with Crippen molar-refractivity contribution in [3.8, 4) is 6.07 Å². The standard InChI is InChI=1S/C27H30F3N5O5/c1-15(36)34-10-8-33(9-11-34)7-6-20(37)32-19-13-25(2)21-22(26(19,3)40-25)24(39)35(23(21)38)17-5-4-16(14-31)18(12-17)27(28,29)30/h4-5,12,19,21-22H,6-11,13H2,1-3H3,(H,32,37)/t19-,21-,22+,25-,26+/m1/s1. The molecular formula is C27H30F3N5O5. The number of alkyl halides is 3. The van der Waals surface area contributed by atoms with Crippen LogP contribution in [0.15, 0.2) is 18.2 Å². The van der Waals surface area contributed by atoms with E-state index < -0.39 is 58.2 Å². The Kier molecular flexibility index (Phi) is 6.70. The molecule has 1 aromatic rings. The van der Waals surface area contributed by atoms with Gasteiger partial charge in [0.05, 0.1) is 52.0 Å². The highest BCUT2D eigenvalue weighted by molar-refractivity contribution is 6.23. The number of rotatable bonds is 5. The second-order valence-corrected chi connectivity index (χ2v) is 11.3. The van der Waals surface area contributed by atoms with Crippen LogP contribution in [-0.4, -0.2) is 83.4 Å². The third-order valence-corrected chi connectivity index (χ3v) is 8.83. The van der Waals surface area contributed by atoms with E-state index in [1.165, 1.54) is 13.0 Å². The van der Waals surface area contributed by atoms with Gasteiger partial charge in [-0.3, -0.25) is 24.1 Å². The SMILES string of the molecule is CC(=O)N1CCN(CCC(=O)N[C@@H]2C[C@@]3(C)O[C@]2(C)[C@@H]2C(=O)N(c4ccc(C#N)c(C(F)(F)F)c4)C(=O)[C@@H]23)CC1. The summed E-state index contributed by atoms with van der Waals surface area (Å²) in [5, 5.41) is 12.1. The van der Waals surface area contributed by atoms with E-state index in [0.717, 1.165) is 17.0 Å². The molecule has 4 amide bonds. The Morgan fingerprint density at radius 3 is 2.38 bits per heavy atom. The van der Waals surface area contributed by atoms with Crippen LogP contribution < -0.4 is 10.2 Å². The van der Waals surface area contributed by atoms with Gasteiger partial charge in [0.2, 0.25) is 23.6 Å². The zero-order valence-electron chi connectivity index (χ0n) is 22.4. The van der Waals surface area contributed by atoms with Gasteiger partial charge in [-0.25, -0.2) is 4.90 Å². The van der Waals surface area contributed by atoms with Crippen molar-refractivity contribution in [2.45, 2.75) is 57.0 Å².